The summed E-state index contributed by atoms with van der Waals surface area (Å²) in [5.74, 6) is -1.14. The summed E-state index contributed by atoms with van der Waals surface area (Å²) in [4.78, 5) is 23.2. The quantitative estimate of drug-likeness (QED) is 0.507. The van der Waals surface area contributed by atoms with Gasteiger partial charge in [0, 0.05) is 4.47 Å². The summed E-state index contributed by atoms with van der Waals surface area (Å²) in [7, 11) is 0. The molecule has 1 rings (SSSR count). The first-order valence-corrected chi connectivity index (χ1v) is 8.47. The van der Waals surface area contributed by atoms with Gasteiger partial charge in [-0.05, 0) is 58.7 Å². The molecule has 0 saturated carbocycles. The third-order valence-electron chi connectivity index (χ3n) is 2.97. The number of amides is 2. The van der Waals surface area contributed by atoms with Gasteiger partial charge in [-0.3, -0.25) is 9.59 Å². The Balaban J connectivity index is 2.48. The SMILES string of the molecule is CC(C)CC(NC(=O)CNC(=S)Nc1ccc(F)cc1Br)C(N)=O. The molecule has 9 heteroatoms. The Morgan fingerprint density at radius 3 is 2.58 bits per heavy atom. The van der Waals surface area contributed by atoms with Crippen molar-refractivity contribution in [1.82, 2.24) is 10.6 Å². The van der Waals surface area contributed by atoms with Crippen molar-refractivity contribution >= 4 is 50.8 Å². The highest BCUT2D eigenvalue weighted by atomic mass is 79.9. The van der Waals surface area contributed by atoms with Gasteiger partial charge in [0.1, 0.15) is 11.9 Å². The number of primary amides is 1. The number of nitrogens with two attached hydrogens (primary N) is 1. The largest absolute Gasteiger partial charge is 0.368 e. The maximum Gasteiger partial charge on any atom is 0.240 e. The van der Waals surface area contributed by atoms with Crippen LogP contribution in [0.3, 0.4) is 0 Å². The molecule has 0 aliphatic heterocycles. The normalized spacial score (nSPS) is 11.7. The van der Waals surface area contributed by atoms with Crippen molar-refractivity contribution < 1.29 is 14.0 Å². The summed E-state index contributed by atoms with van der Waals surface area (Å²) < 4.78 is 13.5. The van der Waals surface area contributed by atoms with Crippen LogP contribution >= 0.6 is 28.1 Å². The van der Waals surface area contributed by atoms with Crippen LogP contribution in [-0.2, 0) is 9.59 Å². The second-order valence-electron chi connectivity index (χ2n) is 5.58. The standard InChI is InChI=1S/C15H20BrFN4O2S/c1-8(2)5-12(14(18)23)20-13(22)7-19-15(24)21-11-4-3-9(17)6-10(11)16/h3-4,6,8,12H,5,7H2,1-2H3,(H2,18,23)(H,20,22)(H2,19,21,24). The molecule has 132 valence electrons. The van der Waals surface area contributed by atoms with Crippen LogP contribution in [0.4, 0.5) is 10.1 Å². The highest BCUT2D eigenvalue weighted by molar-refractivity contribution is 9.10. The first-order chi connectivity index (χ1) is 11.2. The van der Waals surface area contributed by atoms with E-state index in [9.17, 15) is 14.0 Å². The maximum atomic E-state index is 13.0. The van der Waals surface area contributed by atoms with Crippen LogP contribution in [0.2, 0.25) is 0 Å². The zero-order valence-electron chi connectivity index (χ0n) is 13.4. The monoisotopic (exact) mass is 418 g/mol. The van der Waals surface area contributed by atoms with Crippen LogP contribution in [0.1, 0.15) is 20.3 Å². The van der Waals surface area contributed by atoms with Gasteiger partial charge >= 0.3 is 0 Å². The van der Waals surface area contributed by atoms with E-state index in [0.717, 1.165) is 0 Å². The third-order valence-corrected chi connectivity index (χ3v) is 3.88. The minimum absolute atomic E-state index is 0.119. The molecule has 0 aliphatic rings. The molecule has 0 radical (unpaired) electrons. The lowest BCUT2D eigenvalue weighted by molar-refractivity contribution is -0.127. The van der Waals surface area contributed by atoms with Crippen LogP contribution in [-0.4, -0.2) is 29.5 Å². The summed E-state index contributed by atoms with van der Waals surface area (Å²) >= 11 is 8.28. The number of benzene rings is 1. The van der Waals surface area contributed by atoms with Gasteiger partial charge in [0.05, 0.1) is 12.2 Å². The molecular weight excluding hydrogens is 399 g/mol. The van der Waals surface area contributed by atoms with Gasteiger partial charge in [-0.2, -0.15) is 0 Å². The number of carbonyl (C=O) groups excluding carboxylic acids is 2. The Bertz CT molecular complexity index is 627. The lowest BCUT2D eigenvalue weighted by atomic mass is 10.0. The molecule has 0 spiro atoms. The van der Waals surface area contributed by atoms with E-state index in [1.54, 1.807) is 0 Å². The highest BCUT2D eigenvalue weighted by Crippen LogP contribution is 2.22. The number of hydrogen-bond donors (Lipinski definition) is 4. The van der Waals surface area contributed by atoms with Gasteiger partial charge in [-0.15, -0.1) is 0 Å². The van der Waals surface area contributed by atoms with E-state index in [1.165, 1.54) is 18.2 Å². The average Bonchev–Trinajstić information content (AvgIpc) is 2.47. The second-order valence-corrected chi connectivity index (χ2v) is 6.85. The summed E-state index contributed by atoms with van der Waals surface area (Å²) in [6.45, 7) is 3.74. The van der Waals surface area contributed by atoms with Crippen molar-refractivity contribution in [1.29, 1.82) is 0 Å². The van der Waals surface area contributed by atoms with E-state index >= 15 is 0 Å². The number of anilines is 1. The van der Waals surface area contributed by atoms with Gasteiger partial charge in [-0.1, -0.05) is 13.8 Å². The smallest absolute Gasteiger partial charge is 0.240 e. The molecule has 5 N–H and O–H groups in total. The molecule has 0 heterocycles. The number of rotatable bonds is 7. The molecule has 1 atom stereocenters. The first-order valence-electron chi connectivity index (χ1n) is 7.27. The highest BCUT2D eigenvalue weighted by Gasteiger charge is 2.19. The van der Waals surface area contributed by atoms with Crippen molar-refractivity contribution in [2.45, 2.75) is 26.3 Å². The van der Waals surface area contributed by atoms with Gasteiger partial charge in [-0.25, -0.2) is 4.39 Å². The van der Waals surface area contributed by atoms with E-state index in [-0.39, 0.29) is 23.4 Å². The number of nitrogens with one attached hydrogen (secondary N) is 3. The zero-order chi connectivity index (χ0) is 18.3. The topological polar surface area (TPSA) is 96.2 Å². The van der Waals surface area contributed by atoms with Crippen molar-refractivity contribution in [3.05, 3.63) is 28.5 Å². The third kappa shape index (κ3) is 7.22. The molecule has 0 saturated heterocycles. The molecule has 1 aromatic rings. The Kier molecular flexibility index (Phi) is 8.06. The summed E-state index contributed by atoms with van der Waals surface area (Å²) in [6.07, 6.45) is 0.465. The summed E-state index contributed by atoms with van der Waals surface area (Å²) in [6, 6.07) is 3.37. The van der Waals surface area contributed by atoms with E-state index in [2.05, 4.69) is 31.9 Å². The summed E-state index contributed by atoms with van der Waals surface area (Å²) in [5, 5.41) is 8.30. The van der Waals surface area contributed by atoms with Crippen molar-refractivity contribution in [2.75, 3.05) is 11.9 Å². The second kappa shape index (κ2) is 9.53. The van der Waals surface area contributed by atoms with Crippen LogP contribution < -0.4 is 21.7 Å². The lowest BCUT2D eigenvalue weighted by Gasteiger charge is -2.18. The van der Waals surface area contributed by atoms with Crippen molar-refractivity contribution in [3.8, 4) is 0 Å². The number of thiocarbonyl (C=S) groups is 1. The molecule has 0 fully saturated rings. The minimum atomic E-state index is -0.716. The predicted octanol–water partition coefficient (Wildman–Crippen LogP) is 1.89. The van der Waals surface area contributed by atoms with Gasteiger partial charge in [0.25, 0.3) is 0 Å². The van der Waals surface area contributed by atoms with Crippen LogP contribution in [0.5, 0.6) is 0 Å². The molecular formula is C15H20BrFN4O2S. The van der Waals surface area contributed by atoms with Crippen molar-refractivity contribution in [3.63, 3.8) is 0 Å². The van der Waals surface area contributed by atoms with Gasteiger partial charge < -0.3 is 21.7 Å². The average molecular weight is 419 g/mol. The molecule has 0 aromatic heterocycles. The van der Waals surface area contributed by atoms with E-state index in [4.69, 9.17) is 18.0 Å². The fraction of sp³-hybridized carbons (Fsp3) is 0.400. The van der Waals surface area contributed by atoms with E-state index < -0.39 is 17.9 Å². The lowest BCUT2D eigenvalue weighted by Crippen LogP contribution is -2.48. The molecule has 1 unspecified atom stereocenters. The predicted molar refractivity (Wildman–Crippen MR) is 98.9 cm³/mol. The fourth-order valence-corrected chi connectivity index (χ4v) is 2.51. The van der Waals surface area contributed by atoms with Crippen LogP contribution in [0.15, 0.2) is 22.7 Å². The molecule has 0 bridgehead atoms. The fourth-order valence-electron chi connectivity index (χ4n) is 1.88. The molecule has 24 heavy (non-hydrogen) atoms. The van der Waals surface area contributed by atoms with Gasteiger partial charge in [0.2, 0.25) is 11.8 Å². The van der Waals surface area contributed by atoms with Crippen LogP contribution in [0, 0.1) is 11.7 Å². The number of carbonyl (C=O) groups is 2. The first kappa shape index (κ1) is 20.3. The zero-order valence-corrected chi connectivity index (χ0v) is 15.8. The molecule has 1 aromatic carbocycles. The van der Waals surface area contributed by atoms with E-state index in [1.807, 2.05) is 13.8 Å². The Morgan fingerprint density at radius 1 is 1.38 bits per heavy atom. The Hall–Kier alpha value is -1.74. The molecule has 6 nitrogen and oxygen atoms in total. The Morgan fingerprint density at radius 2 is 2.04 bits per heavy atom. The molecule has 2 amide bonds. The molecule has 0 aliphatic carbocycles. The maximum absolute atomic E-state index is 13.0. The number of halogens is 2. The van der Waals surface area contributed by atoms with E-state index in [0.29, 0.717) is 16.6 Å². The minimum Gasteiger partial charge on any atom is -0.368 e. The summed E-state index contributed by atoms with van der Waals surface area (Å²) in [5.41, 5.74) is 5.83. The van der Waals surface area contributed by atoms with Gasteiger partial charge in [0.15, 0.2) is 5.11 Å². The Labute approximate surface area is 153 Å². The van der Waals surface area contributed by atoms with Crippen molar-refractivity contribution in [2.24, 2.45) is 11.7 Å². The van der Waals surface area contributed by atoms with Crippen LogP contribution in [0.25, 0.3) is 0 Å². The number of hydrogen-bond acceptors (Lipinski definition) is 3.